The molecule has 0 unspecified atom stereocenters. The molecule has 0 aromatic heterocycles. The SMILES string of the molecule is C#CCO[C@H]1[C@H]2OC(C)(C)O[C@H]2O[C@]1(C)CN=[N+]=[N-]. The van der Waals surface area contributed by atoms with Crippen LogP contribution in [0.25, 0.3) is 10.4 Å². The van der Waals surface area contributed by atoms with Crippen molar-refractivity contribution in [3.05, 3.63) is 10.4 Å². The number of terminal acetylenes is 1. The quantitative estimate of drug-likeness (QED) is 0.335. The van der Waals surface area contributed by atoms with E-state index in [1.807, 2.05) is 0 Å². The molecule has 2 rings (SSSR count). The van der Waals surface area contributed by atoms with Gasteiger partial charge in [-0.15, -0.1) is 6.42 Å². The van der Waals surface area contributed by atoms with E-state index in [1.165, 1.54) is 0 Å². The van der Waals surface area contributed by atoms with Crippen LogP contribution < -0.4 is 0 Å². The number of hydrogen-bond donors (Lipinski definition) is 0. The third-order valence-electron chi connectivity index (χ3n) is 3.17. The average molecular weight is 267 g/mol. The zero-order valence-corrected chi connectivity index (χ0v) is 11.2. The van der Waals surface area contributed by atoms with Gasteiger partial charge in [0.1, 0.15) is 24.4 Å². The van der Waals surface area contributed by atoms with E-state index in [1.54, 1.807) is 20.8 Å². The van der Waals surface area contributed by atoms with Crippen LogP contribution in [-0.2, 0) is 18.9 Å². The fraction of sp³-hybridized carbons (Fsp3) is 0.833. The minimum absolute atomic E-state index is 0.124. The van der Waals surface area contributed by atoms with Gasteiger partial charge in [0.15, 0.2) is 12.1 Å². The Kier molecular flexibility index (Phi) is 3.72. The smallest absolute Gasteiger partial charge is 0.190 e. The van der Waals surface area contributed by atoms with Crippen LogP contribution in [-0.4, -0.2) is 43.0 Å². The Balaban J connectivity index is 2.18. The average Bonchev–Trinajstić information content (AvgIpc) is 2.73. The van der Waals surface area contributed by atoms with Gasteiger partial charge in [-0.3, -0.25) is 0 Å². The molecule has 0 radical (unpaired) electrons. The lowest BCUT2D eigenvalue weighted by Gasteiger charge is -2.32. The molecule has 2 aliphatic rings. The van der Waals surface area contributed by atoms with Gasteiger partial charge < -0.3 is 18.9 Å². The Labute approximate surface area is 111 Å². The maximum atomic E-state index is 8.46. The Morgan fingerprint density at radius 1 is 1.37 bits per heavy atom. The van der Waals surface area contributed by atoms with Crippen molar-refractivity contribution in [2.24, 2.45) is 5.11 Å². The summed E-state index contributed by atoms with van der Waals surface area (Å²) >= 11 is 0. The molecule has 2 heterocycles. The molecule has 0 N–H and O–H groups in total. The molecule has 0 saturated carbocycles. The Hall–Kier alpha value is -1.29. The van der Waals surface area contributed by atoms with E-state index in [0.717, 1.165) is 0 Å². The highest BCUT2D eigenvalue weighted by atomic mass is 16.8. The van der Waals surface area contributed by atoms with Gasteiger partial charge in [0.05, 0.1) is 6.54 Å². The molecule has 0 aromatic rings. The fourth-order valence-electron chi connectivity index (χ4n) is 2.44. The lowest BCUT2D eigenvalue weighted by molar-refractivity contribution is -0.236. The van der Waals surface area contributed by atoms with Crippen molar-refractivity contribution in [2.75, 3.05) is 13.2 Å². The highest BCUT2D eigenvalue weighted by Gasteiger charge is 2.60. The summed E-state index contributed by atoms with van der Waals surface area (Å²) in [5, 5.41) is 3.56. The van der Waals surface area contributed by atoms with Gasteiger partial charge in [0.25, 0.3) is 0 Å². The van der Waals surface area contributed by atoms with Crippen molar-refractivity contribution in [1.29, 1.82) is 0 Å². The zero-order chi connectivity index (χ0) is 14.1. The summed E-state index contributed by atoms with van der Waals surface area (Å²) in [7, 11) is 0. The molecule has 104 valence electrons. The van der Waals surface area contributed by atoms with E-state index in [4.69, 9.17) is 30.9 Å². The lowest BCUT2D eigenvalue weighted by Crippen LogP contribution is -2.46. The molecular weight excluding hydrogens is 250 g/mol. The minimum atomic E-state index is -0.811. The van der Waals surface area contributed by atoms with Crippen molar-refractivity contribution in [3.8, 4) is 12.3 Å². The molecule has 4 atom stereocenters. The van der Waals surface area contributed by atoms with Crippen LogP contribution in [0.5, 0.6) is 0 Å². The molecule has 0 spiro atoms. The van der Waals surface area contributed by atoms with Gasteiger partial charge in [-0.05, 0) is 26.3 Å². The first-order chi connectivity index (χ1) is 8.92. The Morgan fingerprint density at radius 3 is 2.74 bits per heavy atom. The number of nitrogens with zero attached hydrogens (tertiary/aromatic N) is 3. The van der Waals surface area contributed by atoms with E-state index < -0.39 is 23.8 Å². The highest BCUT2D eigenvalue weighted by Crippen LogP contribution is 2.43. The van der Waals surface area contributed by atoms with Crippen molar-refractivity contribution >= 4 is 0 Å². The predicted octanol–water partition coefficient (Wildman–Crippen LogP) is 1.58. The summed E-state index contributed by atoms with van der Waals surface area (Å²) in [4.78, 5) is 2.75. The van der Waals surface area contributed by atoms with Gasteiger partial charge in [0, 0.05) is 4.91 Å². The maximum Gasteiger partial charge on any atom is 0.190 e. The molecule has 19 heavy (non-hydrogen) atoms. The van der Waals surface area contributed by atoms with E-state index in [0.29, 0.717) is 0 Å². The van der Waals surface area contributed by atoms with Crippen LogP contribution in [0.15, 0.2) is 5.11 Å². The standard InChI is InChI=1S/C12H17N3O4/c1-5-6-16-9-8-10(18-11(2,3)17-8)19-12(9,4)7-14-15-13/h1,8-10H,6-7H2,2-4H3/t8-,9+,10+,12-/m1/s1. The molecule has 2 aliphatic heterocycles. The first-order valence-corrected chi connectivity index (χ1v) is 6.01. The monoisotopic (exact) mass is 267 g/mol. The van der Waals surface area contributed by atoms with Gasteiger partial charge in [-0.2, -0.15) is 0 Å². The van der Waals surface area contributed by atoms with Crippen LogP contribution >= 0.6 is 0 Å². The number of rotatable bonds is 4. The van der Waals surface area contributed by atoms with Gasteiger partial charge in [0.2, 0.25) is 0 Å². The Bertz CT molecular complexity index is 441. The highest BCUT2D eigenvalue weighted by molar-refractivity contribution is 5.04. The van der Waals surface area contributed by atoms with Crippen molar-refractivity contribution in [2.45, 2.75) is 50.7 Å². The number of hydrogen-bond acceptors (Lipinski definition) is 5. The molecule has 2 fully saturated rings. The molecule has 0 aliphatic carbocycles. The van der Waals surface area contributed by atoms with E-state index in [2.05, 4.69) is 15.9 Å². The molecular formula is C12H17N3O4. The van der Waals surface area contributed by atoms with Crippen LogP contribution in [0.3, 0.4) is 0 Å². The third kappa shape index (κ3) is 2.68. The summed E-state index contributed by atoms with van der Waals surface area (Å²) < 4.78 is 22.9. The lowest BCUT2D eigenvalue weighted by atomic mass is 9.97. The maximum absolute atomic E-state index is 8.46. The largest absolute Gasteiger partial charge is 0.360 e. The zero-order valence-electron chi connectivity index (χ0n) is 11.2. The van der Waals surface area contributed by atoms with Crippen molar-refractivity contribution < 1.29 is 18.9 Å². The first-order valence-electron chi connectivity index (χ1n) is 6.01. The molecule has 7 heteroatoms. The van der Waals surface area contributed by atoms with E-state index >= 15 is 0 Å². The van der Waals surface area contributed by atoms with Gasteiger partial charge in [-0.1, -0.05) is 11.0 Å². The normalized spacial score (nSPS) is 39.4. The van der Waals surface area contributed by atoms with Gasteiger partial charge in [-0.25, -0.2) is 0 Å². The summed E-state index contributed by atoms with van der Waals surface area (Å²) in [6.07, 6.45) is 3.84. The fourth-order valence-corrected chi connectivity index (χ4v) is 2.44. The summed E-state index contributed by atoms with van der Waals surface area (Å²) in [5.41, 5.74) is 7.65. The predicted molar refractivity (Wildman–Crippen MR) is 65.9 cm³/mol. The molecule has 0 bridgehead atoms. The number of fused-ring (bicyclic) bond motifs is 1. The molecule has 2 saturated heterocycles. The van der Waals surface area contributed by atoms with E-state index in [9.17, 15) is 0 Å². The van der Waals surface area contributed by atoms with Crippen LogP contribution in [0.2, 0.25) is 0 Å². The summed E-state index contributed by atoms with van der Waals surface area (Å²) in [5.74, 6) is 1.68. The molecule has 7 nitrogen and oxygen atoms in total. The molecule has 0 amide bonds. The second-order valence-electron chi connectivity index (χ2n) is 5.22. The minimum Gasteiger partial charge on any atom is -0.360 e. The first kappa shape index (κ1) is 14.1. The van der Waals surface area contributed by atoms with Crippen molar-refractivity contribution in [3.63, 3.8) is 0 Å². The van der Waals surface area contributed by atoms with Gasteiger partial charge >= 0.3 is 0 Å². The summed E-state index contributed by atoms with van der Waals surface area (Å²) in [6, 6.07) is 0. The summed E-state index contributed by atoms with van der Waals surface area (Å²) in [6.45, 7) is 5.65. The van der Waals surface area contributed by atoms with Crippen LogP contribution in [0.4, 0.5) is 0 Å². The second kappa shape index (κ2) is 5.00. The number of azide groups is 1. The molecule has 0 aromatic carbocycles. The van der Waals surface area contributed by atoms with E-state index in [-0.39, 0.29) is 19.3 Å². The number of ether oxygens (including phenoxy) is 4. The topological polar surface area (TPSA) is 85.7 Å². The second-order valence-corrected chi connectivity index (χ2v) is 5.22. The van der Waals surface area contributed by atoms with Crippen molar-refractivity contribution in [1.82, 2.24) is 0 Å². The third-order valence-corrected chi connectivity index (χ3v) is 3.17. The van der Waals surface area contributed by atoms with Crippen LogP contribution in [0, 0.1) is 12.3 Å². The Morgan fingerprint density at radius 2 is 2.11 bits per heavy atom. The van der Waals surface area contributed by atoms with Crippen LogP contribution in [0.1, 0.15) is 20.8 Å².